The number of carbonyl (C=O) groups excluding carboxylic acids is 1. The largest absolute Gasteiger partial charge is 0.490 e. The lowest BCUT2D eigenvalue weighted by atomic mass is 9.89. The molecule has 1 amide bonds. The van der Waals surface area contributed by atoms with Gasteiger partial charge in [0.25, 0.3) is 5.91 Å². The van der Waals surface area contributed by atoms with Crippen LogP contribution in [-0.2, 0) is 13.6 Å². The van der Waals surface area contributed by atoms with Crippen molar-refractivity contribution in [3.8, 4) is 5.75 Å². The highest BCUT2D eigenvalue weighted by molar-refractivity contribution is 6.30. The number of amides is 1. The molecule has 0 atom stereocenters. The molecule has 1 fully saturated rings. The molecule has 2 aromatic heterocycles. The van der Waals surface area contributed by atoms with Crippen LogP contribution in [0.1, 0.15) is 35.3 Å². The summed E-state index contributed by atoms with van der Waals surface area (Å²) in [7, 11) is 3.28. The van der Waals surface area contributed by atoms with Crippen LogP contribution in [0.3, 0.4) is 0 Å². The standard InChI is InChI=1S/C20H21ClN6O4/c1-22-18-17(26(3)11-23-18)19(28)25(2)10-16-24-27(20(29)31-16)13-8-15(9-13)30-14-6-4-12(21)5-7-14/h4-7,11,13,15H,1,8-10H2,2-3H3/t13-,15-. The molecule has 3 aromatic rings. The molecule has 4 rings (SSSR count). The lowest BCUT2D eigenvalue weighted by Crippen LogP contribution is -2.39. The zero-order valence-corrected chi connectivity index (χ0v) is 17.8. The predicted molar refractivity (Wildman–Crippen MR) is 113 cm³/mol. The molecule has 11 heteroatoms. The minimum atomic E-state index is -0.556. The van der Waals surface area contributed by atoms with Crippen molar-refractivity contribution in [1.82, 2.24) is 24.2 Å². The molecule has 1 aliphatic rings. The van der Waals surface area contributed by atoms with Crippen molar-refractivity contribution in [2.24, 2.45) is 12.0 Å². The van der Waals surface area contributed by atoms with Crippen LogP contribution >= 0.6 is 11.6 Å². The van der Waals surface area contributed by atoms with E-state index in [1.54, 1.807) is 42.9 Å². The van der Waals surface area contributed by atoms with Gasteiger partial charge in [-0.05, 0) is 31.0 Å². The third-order valence-electron chi connectivity index (χ3n) is 5.13. The number of halogens is 1. The molecular formula is C20H21ClN6O4. The van der Waals surface area contributed by atoms with Crippen LogP contribution in [0, 0.1) is 0 Å². The maximum atomic E-state index is 12.7. The Kier molecular flexibility index (Phi) is 5.64. The summed E-state index contributed by atoms with van der Waals surface area (Å²) in [6.07, 6.45) is 2.73. The number of rotatable bonds is 7. The highest BCUT2D eigenvalue weighted by Gasteiger charge is 2.35. The number of hydrogen-bond donors (Lipinski definition) is 0. The van der Waals surface area contributed by atoms with Gasteiger partial charge in [0.1, 0.15) is 11.9 Å². The molecule has 1 aromatic carbocycles. The highest BCUT2D eigenvalue weighted by atomic mass is 35.5. The van der Waals surface area contributed by atoms with Gasteiger partial charge < -0.3 is 18.6 Å². The van der Waals surface area contributed by atoms with E-state index in [9.17, 15) is 9.59 Å². The molecule has 10 nitrogen and oxygen atoms in total. The van der Waals surface area contributed by atoms with Crippen molar-refractivity contribution in [2.75, 3.05) is 7.05 Å². The van der Waals surface area contributed by atoms with E-state index in [0.29, 0.717) is 23.6 Å². The Morgan fingerprint density at radius 3 is 2.77 bits per heavy atom. The lowest BCUT2D eigenvalue weighted by Gasteiger charge is -2.34. The number of benzene rings is 1. The highest BCUT2D eigenvalue weighted by Crippen LogP contribution is 2.34. The molecule has 1 aliphatic carbocycles. The molecule has 0 radical (unpaired) electrons. The van der Waals surface area contributed by atoms with E-state index in [0.717, 1.165) is 5.75 Å². The van der Waals surface area contributed by atoms with Gasteiger partial charge in [0.15, 0.2) is 11.5 Å². The molecule has 0 bridgehead atoms. The van der Waals surface area contributed by atoms with E-state index in [1.807, 2.05) is 0 Å². The molecule has 0 unspecified atom stereocenters. The molecule has 31 heavy (non-hydrogen) atoms. The average Bonchev–Trinajstić information content (AvgIpc) is 3.26. The van der Waals surface area contributed by atoms with Crippen LogP contribution < -0.4 is 10.5 Å². The minimum absolute atomic E-state index is 0.0165. The zero-order chi connectivity index (χ0) is 22.1. The third-order valence-corrected chi connectivity index (χ3v) is 5.38. The summed E-state index contributed by atoms with van der Waals surface area (Å²) in [5, 5.41) is 4.91. The Labute approximate surface area is 182 Å². The van der Waals surface area contributed by atoms with Crippen LogP contribution in [0.15, 0.2) is 44.8 Å². The fraction of sp³-hybridized carbons (Fsp3) is 0.350. The Bertz CT molecular complexity index is 1160. The molecule has 0 aliphatic heterocycles. The average molecular weight is 445 g/mol. The Morgan fingerprint density at radius 2 is 2.10 bits per heavy atom. The van der Waals surface area contributed by atoms with E-state index in [1.165, 1.54) is 15.9 Å². The second-order valence-corrected chi connectivity index (χ2v) is 7.81. The summed E-state index contributed by atoms with van der Waals surface area (Å²) < 4.78 is 14.0. The number of carbonyl (C=O) groups is 1. The topological polar surface area (TPSA) is 108 Å². The predicted octanol–water partition coefficient (Wildman–Crippen LogP) is 2.61. The second-order valence-electron chi connectivity index (χ2n) is 7.37. The molecule has 162 valence electrons. The number of aliphatic imine (C=N–C) groups is 1. The Balaban J connectivity index is 1.37. The van der Waals surface area contributed by atoms with E-state index in [-0.39, 0.29) is 36.3 Å². The van der Waals surface area contributed by atoms with Crippen LogP contribution in [0.25, 0.3) is 0 Å². The summed E-state index contributed by atoms with van der Waals surface area (Å²) >= 11 is 5.88. The van der Waals surface area contributed by atoms with Gasteiger partial charge in [-0.15, -0.1) is 5.10 Å². The molecule has 0 spiro atoms. The first-order valence-electron chi connectivity index (χ1n) is 9.60. The number of aromatic nitrogens is 4. The molecule has 0 N–H and O–H groups in total. The van der Waals surface area contributed by atoms with Gasteiger partial charge in [0.2, 0.25) is 5.89 Å². The third kappa shape index (κ3) is 4.24. The first-order chi connectivity index (χ1) is 14.9. The number of ether oxygens (including phenoxy) is 1. The molecule has 1 saturated carbocycles. The van der Waals surface area contributed by atoms with Gasteiger partial charge in [0, 0.05) is 32.0 Å². The molecule has 0 saturated heterocycles. The minimum Gasteiger partial charge on any atom is -0.490 e. The van der Waals surface area contributed by atoms with Crippen LogP contribution in [0.2, 0.25) is 5.02 Å². The van der Waals surface area contributed by atoms with Crippen molar-refractivity contribution < 1.29 is 13.9 Å². The second kappa shape index (κ2) is 8.38. The van der Waals surface area contributed by atoms with Gasteiger partial charge in [-0.1, -0.05) is 11.6 Å². The van der Waals surface area contributed by atoms with E-state index >= 15 is 0 Å². The molecular weight excluding hydrogens is 424 g/mol. The SMILES string of the molecule is C=Nc1ncn(C)c1C(=O)N(C)Cc1nn([C@H]2C[C@H](Oc3ccc(Cl)cc3)C2)c(=O)o1. The summed E-state index contributed by atoms with van der Waals surface area (Å²) in [6.45, 7) is 3.46. The molecule has 2 heterocycles. The van der Waals surface area contributed by atoms with Crippen LogP contribution in [-0.4, -0.2) is 50.0 Å². The Hall–Kier alpha value is -3.40. The van der Waals surface area contributed by atoms with Gasteiger partial charge in [-0.3, -0.25) is 4.79 Å². The van der Waals surface area contributed by atoms with Gasteiger partial charge >= 0.3 is 5.76 Å². The summed E-state index contributed by atoms with van der Waals surface area (Å²) in [5.41, 5.74) is 0.292. The summed E-state index contributed by atoms with van der Waals surface area (Å²) in [6, 6.07) is 7.02. The zero-order valence-electron chi connectivity index (χ0n) is 17.1. The van der Waals surface area contributed by atoms with Crippen LogP contribution in [0.4, 0.5) is 5.82 Å². The van der Waals surface area contributed by atoms with Gasteiger partial charge in [-0.25, -0.2) is 14.8 Å². The monoisotopic (exact) mass is 444 g/mol. The van der Waals surface area contributed by atoms with Crippen molar-refractivity contribution in [1.29, 1.82) is 0 Å². The maximum Gasteiger partial charge on any atom is 0.437 e. The smallest absolute Gasteiger partial charge is 0.437 e. The number of imidazole rings is 1. The quantitative estimate of drug-likeness (QED) is 0.518. The fourth-order valence-electron chi connectivity index (χ4n) is 3.40. The first-order valence-corrected chi connectivity index (χ1v) is 9.97. The summed E-state index contributed by atoms with van der Waals surface area (Å²) in [5.74, 6) is 0.231. The fourth-order valence-corrected chi connectivity index (χ4v) is 3.52. The van der Waals surface area contributed by atoms with E-state index in [4.69, 9.17) is 20.8 Å². The van der Waals surface area contributed by atoms with Gasteiger partial charge in [-0.2, -0.15) is 4.68 Å². The van der Waals surface area contributed by atoms with E-state index in [2.05, 4.69) is 21.8 Å². The maximum absolute atomic E-state index is 12.7. The van der Waals surface area contributed by atoms with Gasteiger partial charge in [0.05, 0.1) is 18.9 Å². The number of nitrogens with zero attached hydrogens (tertiary/aromatic N) is 6. The number of aryl methyl sites for hydroxylation is 1. The Morgan fingerprint density at radius 1 is 1.39 bits per heavy atom. The van der Waals surface area contributed by atoms with Crippen molar-refractivity contribution in [3.05, 3.63) is 57.8 Å². The van der Waals surface area contributed by atoms with Crippen molar-refractivity contribution in [3.63, 3.8) is 0 Å². The van der Waals surface area contributed by atoms with E-state index < -0.39 is 5.76 Å². The lowest BCUT2D eigenvalue weighted by molar-refractivity contribution is 0.0616. The van der Waals surface area contributed by atoms with Crippen LogP contribution in [0.5, 0.6) is 5.75 Å². The first kappa shape index (κ1) is 20.9. The van der Waals surface area contributed by atoms with Crippen molar-refractivity contribution >= 4 is 30.0 Å². The number of hydrogen-bond acceptors (Lipinski definition) is 7. The summed E-state index contributed by atoms with van der Waals surface area (Å²) in [4.78, 5) is 34.2. The van der Waals surface area contributed by atoms with Crippen molar-refractivity contribution in [2.45, 2.75) is 31.5 Å². The normalized spacial score (nSPS) is 17.8.